The van der Waals surface area contributed by atoms with Crippen LogP contribution in [0.4, 0.5) is 0 Å². The van der Waals surface area contributed by atoms with Gasteiger partial charge in [0.2, 0.25) is 0 Å². The minimum Gasteiger partial charge on any atom is -0.496 e. The number of halogens is 1. The first-order chi connectivity index (χ1) is 8.26. The predicted octanol–water partition coefficient (Wildman–Crippen LogP) is 4.00. The Hall–Kier alpha value is -1.79. The summed E-state index contributed by atoms with van der Waals surface area (Å²) in [6, 6.07) is 15.5. The van der Waals surface area contributed by atoms with Crippen molar-refractivity contribution in [3.8, 4) is 22.9 Å². The third-order valence-corrected chi connectivity index (χ3v) is 3.16. The third kappa shape index (κ3) is 2.32. The minimum absolute atomic E-state index is 0.664. The topological polar surface area (TPSA) is 33.0 Å². The van der Waals surface area contributed by atoms with Gasteiger partial charge < -0.3 is 4.74 Å². The second-order valence-electron chi connectivity index (χ2n) is 3.51. The summed E-state index contributed by atoms with van der Waals surface area (Å²) in [5.41, 5.74) is 2.56. The van der Waals surface area contributed by atoms with Crippen LogP contribution in [-0.4, -0.2) is 7.11 Å². The van der Waals surface area contributed by atoms with Crippen LogP contribution >= 0.6 is 15.9 Å². The van der Waals surface area contributed by atoms with E-state index in [1.807, 2.05) is 42.5 Å². The molecule has 0 aromatic heterocycles. The van der Waals surface area contributed by atoms with Gasteiger partial charge in [-0.15, -0.1) is 0 Å². The Labute approximate surface area is 109 Å². The molecular weight excluding hydrogens is 278 g/mol. The lowest BCUT2D eigenvalue weighted by Gasteiger charge is -2.08. The average molecular weight is 288 g/mol. The van der Waals surface area contributed by atoms with E-state index in [2.05, 4.69) is 22.0 Å². The zero-order valence-corrected chi connectivity index (χ0v) is 10.9. The van der Waals surface area contributed by atoms with Gasteiger partial charge in [-0.1, -0.05) is 24.3 Å². The van der Waals surface area contributed by atoms with Crippen LogP contribution in [0, 0.1) is 11.3 Å². The third-order valence-electron chi connectivity index (χ3n) is 2.51. The maximum atomic E-state index is 9.07. The van der Waals surface area contributed by atoms with Crippen LogP contribution in [0.3, 0.4) is 0 Å². The molecule has 0 atom stereocenters. The van der Waals surface area contributed by atoms with Gasteiger partial charge in [-0.25, -0.2) is 0 Å². The van der Waals surface area contributed by atoms with Crippen molar-refractivity contribution in [2.24, 2.45) is 0 Å². The van der Waals surface area contributed by atoms with Gasteiger partial charge in [0.15, 0.2) is 0 Å². The van der Waals surface area contributed by atoms with Gasteiger partial charge in [-0.3, -0.25) is 0 Å². The van der Waals surface area contributed by atoms with Crippen molar-refractivity contribution in [3.05, 3.63) is 52.5 Å². The minimum atomic E-state index is 0.664. The number of hydrogen-bond acceptors (Lipinski definition) is 2. The quantitative estimate of drug-likeness (QED) is 0.837. The molecule has 0 saturated heterocycles. The number of rotatable bonds is 2. The van der Waals surface area contributed by atoms with E-state index in [-0.39, 0.29) is 0 Å². The summed E-state index contributed by atoms with van der Waals surface area (Å²) >= 11 is 3.41. The Morgan fingerprint density at radius 3 is 2.65 bits per heavy atom. The van der Waals surface area contributed by atoms with Gasteiger partial charge >= 0.3 is 0 Å². The first-order valence-electron chi connectivity index (χ1n) is 5.09. The number of methoxy groups -OCH3 is 1. The molecule has 2 aromatic rings. The highest BCUT2D eigenvalue weighted by atomic mass is 79.9. The summed E-state index contributed by atoms with van der Waals surface area (Å²) in [7, 11) is 1.63. The number of nitrogens with zero attached hydrogens (tertiary/aromatic N) is 1. The van der Waals surface area contributed by atoms with Crippen molar-refractivity contribution in [2.45, 2.75) is 0 Å². The first-order valence-corrected chi connectivity index (χ1v) is 5.88. The lowest BCUT2D eigenvalue weighted by Crippen LogP contribution is -1.88. The molecule has 17 heavy (non-hydrogen) atoms. The van der Waals surface area contributed by atoms with Crippen LogP contribution in [0.1, 0.15) is 5.56 Å². The van der Waals surface area contributed by atoms with Gasteiger partial charge in [0.05, 0.1) is 23.2 Å². The second kappa shape index (κ2) is 5.03. The molecule has 0 aliphatic rings. The van der Waals surface area contributed by atoms with Gasteiger partial charge in [0, 0.05) is 0 Å². The Kier molecular flexibility index (Phi) is 3.46. The van der Waals surface area contributed by atoms with Gasteiger partial charge in [-0.2, -0.15) is 5.26 Å². The van der Waals surface area contributed by atoms with Gasteiger partial charge in [0.1, 0.15) is 5.75 Å². The van der Waals surface area contributed by atoms with Crippen LogP contribution in [0.2, 0.25) is 0 Å². The molecule has 0 unspecified atom stereocenters. The van der Waals surface area contributed by atoms with Crippen molar-refractivity contribution < 1.29 is 4.74 Å². The van der Waals surface area contributed by atoms with E-state index in [0.717, 1.165) is 21.3 Å². The number of benzene rings is 2. The van der Waals surface area contributed by atoms with E-state index in [1.54, 1.807) is 7.11 Å². The van der Waals surface area contributed by atoms with Crippen LogP contribution in [-0.2, 0) is 0 Å². The summed E-state index contributed by atoms with van der Waals surface area (Å²) in [6.45, 7) is 0. The van der Waals surface area contributed by atoms with Crippen LogP contribution in [0.25, 0.3) is 11.1 Å². The normalized spacial score (nSPS) is 9.71. The predicted molar refractivity (Wildman–Crippen MR) is 70.8 cm³/mol. The molecule has 0 heterocycles. The summed E-state index contributed by atoms with van der Waals surface area (Å²) in [4.78, 5) is 0. The van der Waals surface area contributed by atoms with E-state index in [0.29, 0.717) is 5.56 Å². The van der Waals surface area contributed by atoms with Gasteiger partial charge in [-0.05, 0) is 45.3 Å². The summed E-state index contributed by atoms with van der Waals surface area (Å²) in [6.07, 6.45) is 0. The molecule has 0 aliphatic carbocycles. The van der Waals surface area contributed by atoms with E-state index in [4.69, 9.17) is 10.00 Å². The van der Waals surface area contributed by atoms with Crippen molar-refractivity contribution >= 4 is 15.9 Å². The molecule has 0 spiro atoms. The van der Waals surface area contributed by atoms with Crippen molar-refractivity contribution in [1.29, 1.82) is 5.26 Å². The number of hydrogen-bond donors (Lipinski definition) is 0. The Bertz CT molecular complexity index is 587. The van der Waals surface area contributed by atoms with E-state index in [1.165, 1.54) is 0 Å². The highest BCUT2D eigenvalue weighted by Gasteiger charge is 2.07. The fraction of sp³-hybridized carbons (Fsp3) is 0.0714. The largest absolute Gasteiger partial charge is 0.496 e. The van der Waals surface area contributed by atoms with Crippen molar-refractivity contribution in [1.82, 2.24) is 0 Å². The Morgan fingerprint density at radius 1 is 1.18 bits per heavy atom. The molecular formula is C14H10BrNO. The summed E-state index contributed by atoms with van der Waals surface area (Å²) in [5, 5.41) is 9.07. The standard InChI is InChI=1S/C14H10BrNO/c1-17-14-8-10(6-7-13(14)15)12-5-3-2-4-11(12)9-16/h2-8H,1H3. The molecule has 0 bridgehead atoms. The number of nitriles is 1. The zero-order chi connectivity index (χ0) is 12.3. The molecule has 0 N–H and O–H groups in total. The maximum absolute atomic E-state index is 9.07. The highest BCUT2D eigenvalue weighted by molar-refractivity contribution is 9.10. The lowest BCUT2D eigenvalue weighted by molar-refractivity contribution is 0.412. The molecule has 0 fully saturated rings. The molecule has 0 amide bonds. The molecule has 84 valence electrons. The molecule has 3 heteroatoms. The molecule has 0 aliphatic heterocycles. The lowest BCUT2D eigenvalue weighted by atomic mass is 10.0. The fourth-order valence-corrected chi connectivity index (χ4v) is 2.07. The van der Waals surface area contributed by atoms with Crippen LogP contribution in [0.15, 0.2) is 46.9 Å². The second-order valence-corrected chi connectivity index (χ2v) is 4.36. The highest BCUT2D eigenvalue weighted by Crippen LogP contribution is 2.31. The fourth-order valence-electron chi connectivity index (χ4n) is 1.66. The SMILES string of the molecule is COc1cc(-c2ccccc2C#N)ccc1Br. The van der Waals surface area contributed by atoms with E-state index < -0.39 is 0 Å². The molecule has 2 rings (SSSR count). The Balaban J connectivity index is 2.58. The van der Waals surface area contributed by atoms with E-state index in [9.17, 15) is 0 Å². The average Bonchev–Trinajstić information content (AvgIpc) is 2.39. The van der Waals surface area contributed by atoms with Crippen LogP contribution < -0.4 is 4.74 Å². The first kappa shape index (κ1) is 11.7. The smallest absolute Gasteiger partial charge is 0.133 e. The summed E-state index contributed by atoms with van der Waals surface area (Å²) in [5.74, 6) is 0.759. The molecule has 2 nitrogen and oxygen atoms in total. The van der Waals surface area contributed by atoms with Crippen molar-refractivity contribution in [2.75, 3.05) is 7.11 Å². The monoisotopic (exact) mass is 287 g/mol. The van der Waals surface area contributed by atoms with Gasteiger partial charge in [0.25, 0.3) is 0 Å². The summed E-state index contributed by atoms with van der Waals surface area (Å²) < 4.78 is 6.15. The maximum Gasteiger partial charge on any atom is 0.133 e. The van der Waals surface area contributed by atoms with Crippen LogP contribution in [0.5, 0.6) is 5.75 Å². The zero-order valence-electron chi connectivity index (χ0n) is 9.27. The Morgan fingerprint density at radius 2 is 1.94 bits per heavy atom. The molecule has 2 aromatic carbocycles. The molecule has 0 saturated carbocycles. The van der Waals surface area contributed by atoms with Crippen molar-refractivity contribution in [3.63, 3.8) is 0 Å². The van der Waals surface area contributed by atoms with E-state index >= 15 is 0 Å². The number of ether oxygens (including phenoxy) is 1. The molecule has 0 radical (unpaired) electrons.